The van der Waals surface area contributed by atoms with E-state index < -0.39 is 5.60 Å². The number of nitrogens with zero attached hydrogens (tertiary/aromatic N) is 1. The maximum atomic E-state index is 10.8. The zero-order chi connectivity index (χ0) is 11.1. The molecule has 1 aliphatic rings. The largest absolute Gasteiger partial charge is 0.383 e. The molecule has 0 amide bonds. The molecule has 0 aromatic carbocycles. The van der Waals surface area contributed by atoms with Crippen molar-refractivity contribution in [1.82, 2.24) is 4.98 Å². The number of pyridine rings is 1. The van der Waals surface area contributed by atoms with Crippen LogP contribution in [0.1, 0.15) is 44.9 Å². The van der Waals surface area contributed by atoms with Gasteiger partial charge in [0.15, 0.2) is 0 Å². The van der Waals surface area contributed by atoms with Gasteiger partial charge in [0.25, 0.3) is 0 Å². The van der Waals surface area contributed by atoms with Crippen LogP contribution in [0.15, 0.2) is 18.3 Å². The molecule has 0 saturated carbocycles. The van der Waals surface area contributed by atoms with Gasteiger partial charge in [-0.1, -0.05) is 26.8 Å². The summed E-state index contributed by atoms with van der Waals surface area (Å²) in [4.78, 5) is 4.39. The van der Waals surface area contributed by atoms with Crippen molar-refractivity contribution in [2.45, 2.75) is 45.6 Å². The number of aryl methyl sites for hydroxylation is 1. The fraction of sp³-hybridized carbons (Fsp3) is 0.615. The Morgan fingerprint density at radius 1 is 1.40 bits per heavy atom. The Bertz CT molecular complexity index is 367. The highest BCUT2D eigenvalue weighted by atomic mass is 16.3. The lowest BCUT2D eigenvalue weighted by Gasteiger charge is -2.43. The summed E-state index contributed by atoms with van der Waals surface area (Å²) in [5.74, 6) is 0. The molecule has 0 fully saturated rings. The molecule has 0 radical (unpaired) electrons. The number of hydrogen-bond acceptors (Lipinski definition) is 2. The van der Waals surface area contributed by atoms with E-state index in [2.05, 4.69) is 31.8 Å². The van der Waals surface area contributed by atoms with Gasteiger partial charge < -0.3 is 5.11 Å². The molecule has 1 aliphatic carbocycles. The highest BCUT2D eigenvalue weighted by Crippen LogP contribution is 2.45. The van der Waals surface area contributed by atoms with Crippen LogP contribution in [-0.4, -0.2) is 10.1 Å². The third-order valence-electron chi connectivity index (χ3n) is 3.51. The summed E-state index contributed by atoms with van der Waals surface area (Å²) in [7, 11) is 0. The van der Waals surface area contributed by atoms with Crippen LogP contribution in [0, 0.1) is 5.41 Å². The average molecular weight is 205 g/mol. The van der Waals surface area contributed by atoms with Gasteiger partial charge in [0.1, 0.15) is 5.60 Å². The average Bonchev–Trinajstić information content (AvgIpc) is 2.17. The summed E-state index contributed by atoms with van der Waals surface area (Å²) in [6.07, 6.45) is 4.69. The molecule has 0 saturated heterocycles. The molecule has 1 unspecified atom stereocenters. The monoisotopic (exact) mass is 205 g/mol. The van der Waals surface area contributed by atoms with Crippen molar-refractivity contribution in [3.8, 4) is 0 Å². The predicted molar refractivity (Wildman–Crippen MR) is 60.5 cm³/mol. The number of aliphatic hydroxyl groups is 1. The molecule has 0 bridgehead atoms. The van der Waals surface area contributed by atoms with Crippen LogP contribution < -0.4 is 0 Å². The smallest absolute Gasteiger partial charge is 0.112 e. The SMILES string of the molecule is CC(C)(C)C1(O)CCCc2cccnc21. The van der Waals surface area contributed by atoms with Gasteiger partial charge in [0.2, 0.25) is 0 Å². The van der Waals surface area contributed by atoms with E-state index in [1.54, 1.807) is 6.20 Å². The van der Waals surface area contributed by atoms with E-state index in [1.807, 2.05) is 6.07 Å². The first-order chi connectivity index (χ1) is 6.95. The fourth-order valence-corrected chi connectivity index (χ4v) is 2.40. The van der Waals surface area contributed by atoms with E-state index in [0.717, 1.165) is 25.0 Å². The minimum absolute atomic E-state index is 0.156. The summed E-state index contributed by atoms with van der Waals surface area (Å²) < 4.78 is 0. The van der Waals surface area contributed by atoms with Gasteiger partial charge in [0.05, 0.1) is 5.69 Å². The van der Waals surface area contributed by atoms with Crippen molar-refractivity contribution in [2.75, 3.05) is 0 Å². The number of rotatable bonds is 0. The maximum Gasteiger partial charge on any atom is 0.112 e. The standard InChI is InChI=1S/C13H19NO/c1-12(2,3)13(15)8-4-6-10-7-5-9-14-11(10)13/h5,7,9,15H,4,6,8H2,1-3H3. The molecule has 0 spiro atoms. The summed E-state index contributed by atoms with van der Waals surface area (Å²) in [6.45, 7) is 6.24. The molecule has 1 heterocycles. The Morgan fingerprint density at radius 2 is 2.13 bits per heavy atom. The van der Waals surface area contributed by atoms with Crippen molar-refractivity contribution in [2.24, 2.45) is 5.41 Å². The van der Waals surface area contributed by atoms with Crippen molar-refractivity contribution >= 4 is 0 Å². The lowest BCUT2D eigenvalue weighted by Crippen LogP contribution is -2.43. The second kappa shape index (κ2) is 3.31. The molecule has 15 heavy (non-hydrogen) atoms. The van der Waals surface area contributed by atoms with Crippen LogP contribution in [0.4, 0.5) is 0 Å². The normalized spacial score (nSPS) is 26.1. The van der Waals surface area contributed by atoms with E-state index in [-0.39, 0.29) is 5.41 Å². The molecular weight excluding hydrogens is 186 g/mol. The Kier molecular flexibility index (Phi) is 2.34. The molecule has 1 N–H and O–H groups in total. The minimum Gasteiger partial charge on any atom is -0.383 e. The molecule has 82 valence electrons. The van der Waals surface area contributed by atoms with Gasteiger partial charge in [-0.05, 0) is 36.3 Å². The fourth-order valence-electron chi connectivity index (χ4n) is 2.40. The summed E-state index contributed by atoms with van der Waals surface area (Å²) in [5.41, 5.74) is 1.18. The van der Waals surface area contributed by atoms with Crippen molar-refractivity contribution < 1.29 is 5.11 Å². The molecule has 0 aliphatic heterocycles. The lowest BCUT2D eigenvalue weighted by molar-refractivity contribution is -0.0812. The number of aromatic nitrogens is 1. The Balaban J connectivity index is 2.55. The van der Waals surface area contributed by atoms with Gasteiger partial charge in [-0.25, -0.2) is 0 Å². The third kappa shape index (κ3) is 1.57. The van der Waals surface area contributed by atoms with Crippen LogP contribution in [0.3, 0.4) is 0 Å². The van der Waals surface area contributed by atoms with E-state index in [1.165, 1.54) is 5.56 Å². The van der Waals surface area contributed by atoms with Crippen LogP contribution in [-0.2, 0) is 12.0 Å². The van der Waals surface area contributed by atoms with Gasteiger partial charge in [-0.3, -0.25) is 4.98 Å². The second-order valence-electron chi connectivity index (χ2n) is 5.47. The van der Waals surface area contributed by atoms with Gasteiger partial charge in [-0.15, -0.1) is 0 Å². The van der Waals surface area contributed by atoms with Gasteiger partial charge >= 0.3 is 0 Å². The number of hydrogen-bond donors (Lipinski definition) is 1. The molecule has 2 rings (SSSR count). The first-order valence-electron chi connectivity index (χ1n) is 5.62. The molecular formula is C13H19NO. The van der Waals surface area contributed by atoms with E-state index in [0.29, 0.717) is 0 Å². The Hall–Kier alpha value is -0.890. The van der Waals surface area contributed by atoms with Gasteiger partial charge in [0, 0.05) is 6.20 Å². The highest BCUT2D eigenvalue weighted by Gasteiger charge is 2.45. The lowest BCUT2D eigenvalue weighted by atomic mass is 9.67. The van der Waals surface area contributed by atoms with Gasteiger partial charge in [-0.2, -0.15) is 0 Å². The zero-order valence-corrected chi connectivity index (χ0v) is 9.75. The van der Waals surface area contributed by atoms with Crippen LogP contribution in [0.2, 0.25) is 0 Å². The van der Waals surface area contributed by atoms with Crippen LogP contribution in [0.5, 0.6) is 0 Å². The summed E-state index contributed by atoms with van der Waals surface area (Å²) in [6, 6.07) is 4.03. The summed E-state index contributed by atoms with van der Waals surface area (Å²) >= 11 is 0. The van der Waals surface area contributed by atoms with Crippen molar-refractivity contribution in [3.05, 3.63) is 29.6 Å². The second-order valence-corrected chi connectivity index (χ2v) is 5.47. The third-order valence-corrected chi connectivity index (χ3v) is 3.51. The van der Waals surface area contributed by atoms with Crippen molar-refractivity contribution in [3.63, 3.8) is 0 Å². The minimum atomic E-state index is -0.762. The van der Waals surface area contributed by atoms with E-state index >= 15 is 0 Å². The van der Waals surface area contributed by atoms with E-state index in [9.17, 15) is 5.11 Å². The molecule has 1 aromatic rings. The molecule has 2 heteroatoms. The first kappa shape index (κ1) is 10.6. The Morgan fingerprint density at radius 3 is 2.80 bits per heavy atom. The molecule has 1 atom stereocenters. The topological polar surface area (TPSA) is 33.1 Å². The zero-order valence-electron chi connectivity index (χ0n) is 9.75. The van der Waals surface area contributed by atoms with Crippen molar-refractivity contribution in [1.29, 1.82) is 0 Å². The quantitative estimate of drug-likeness (QED) is 0.706. The predicted octanol–water partition coefficient (Wildman–Crippen LogP) is 2.65. The Labute approximate surface area is 91.4 Å². The summed E-state index contributed by atoms with van der Waals surface area (Å²) in [5, 5.41) is 10.8. The molecule has 2 nitrogen and oxygen atoms in total. The maximum absolute atomic E-state index is 10.8. The highest BCUT2D eigenvalue weighted by molar-refractivity contribution is 5.29. The van der Waals surface area contributed by atoms with Crippen LogP contribution >= 0.6 is 0 Å². The number of fused-ring (bicyclic) bond motifs is 1. The molecule has 1 aromatic heterocycles. The van der Waals surface area contributed by atoms with Crippen LogP contribution in [0.25, 0.3) is 0 Å². The first-order valence-corrected chi connectivity index (χ1v) is 5.62. The van der Waals surface area contributed by atoms with E-state index in [4.69, 9.17) is 0 Å².